The molecule has 3 aliphatic rings. The van der Waals surface area contributed by atoms with Crippen LogP contribution in [0.4, 0.5) is 11.8 Å². The van der Waals surface area contributed by atoms with Crippen LogP contribution in [0.25, 0.3) is 5.57 Å². The maximum absolute atomic E-state index is 6.49. The lowest BCUT2D eigenvalue weighted by Gasteiger charge is -2.29. The lowest BCUT2D eigenvalue weighted by molar-refractivity contribution is 0.122. The van der Waals surface area contributed by atoms with E-state index in [1.54, 1.807) is 0 Å². The Bertz CT molecular complexity index is 1050. The first-order valence-electron chi connectivity index (χ1n) is 14.8. The molecular formula is C33H51ClN6O. The first kappa shape index (κ1) is 35.9. The average molecular weight is 583 g/mol. The Morgan fingerprint density at radius 1 is 0.927 bits per heavy atom. The summed E-state index contributed by atoms with van der Waals surface area (Å²) in [6.45, 7) is 19.2. The summed E-state index contributed by atoms with van der Waals surface area (Å²) in [6, 6.07) is 2.12. The maximum Gasteiger partial charge on any atom is 0.228 e. The largest absolute Gasteiger partial charge is 0.378 e. The lowest BCUT2D eigenvalue weighted by Crippen LogP contribution is -2.38. The number of allylic oxidation sites excluding steroid dienone is 7. The highest BCUT2D eigenvalue weighted by molar-refractivity contribution is 6.31. The van der Waals surface area contributed by atoms with Gasteiger partial charge >= 0.3 is 0 Å². The first-order valence-corrected chi connectivity index (χ1v) is 15.2. The van der Waals surface area contributed by atoms with E-state index >= 15 is 0 Å². The average Bonchev–Trinajstić information content (AvgIpc) is 3.42. The number of aromatic nitrogens is 2. The molecule has 0 spiro atoms. The summed E-state index contributed by atoms with van der Waals surface area (Å²) in [7, 11) is 0. The van der Waals surface area contributed by atoms with Crippen LogP contribution in [0.2, 0.25) is 0 Å². The van der Waals surface area contributed by atoms with Gasteiger partial charge in [0, 0.05) is 58.0 Å². The second-order valence-corrected chi connectivity index (χ2v) is 10.0. The van der Waals surface area contributed by atoms with Crippen LogP contribution < -0.4 is 9.80 Å². The van der Waals surface area contributed by atoms with Crippen molar-refractivity contribution in [3.8, 4) is 12.8 Å². The Labute approximate surface area is 254 Å². The van der Waals surface area contributed by atoms with Crippen molar-refractivity contribution >= 4 is 35.2 Å². The Kier molecular flexibility index (Phi) is 19.0. The van der Waals surface area contributed by atoms with Crippen molar-refractivity contribution < 1.29 is 4.74 Å². The summed E-state index contributed by atoms with van der Waals surface area (Å²) in [4.78, 5) is 21.3. The van der Waals surface area contributed by atoms with E-state index in [9.17, 15) is 0 Å². The summed E-state index contributed by atoms with van der Waals surface area (Å²) in [6.07, 6.45) is 24.5. The summed E-state index contributed by atoms with van der Waals surface area (Å²) >= 11 is 6.49. The second kappa shape index (κ2) is 21.6. The number of hydrogen-bond donors (Lipinski definition) is 0. The monoisotopic (exact) mass is 582 g/mol. The normalized spacial score (nSPS) is 17.5. The molecule has 2 fully saturated rings. The standard InChI is InChI=1S/C23H31ClN6O.C4H10.C4H8.C2H2/c1-3-18(2)20-17-21(27-23(26-20)30-13-15-31-16-14-30)28-9-6-10-29(12-11-28)22-19(24)7-4-5-8-25-22;2*1-3-4-2;1-2/h3-4,7-8,17H,5-6,9-16H2,1-2H3;3-4H2,1-2H3;3-4H,1-2H3;1-2H/b18-3+;;4-3-;. The van der Waals surface area contributed by atoms with Gasteiger partial charge < -0.3 is 19.4 Å². The predicted molar refractivity (Wildman–Crippen MR) is 179 cm³/mol. The smallest absolute Gasteiger partial charge is 0.228 e. The molecule has 4 heterocycles. The van der Waals surface area contributed by atoms with E-state index in [1.165, 1.54) is 12.8 Å². The molecular weight excluding hydrogens is 532 g/mol. The minimum absolute atomic E-state index is 0.713. The molecule has 0 aliphatic carbocycles. The summed E-state index contributed by atoms with van der Waals surface area (Å²) < 4.78 is 5.51. The topological polar surface area (TPSA) is 57.1 Å². The molecule has 2 saturated heterocycles. The van der Waals surface area contributed by atoms with Crippen molar-refractivity contribution in [2.75, 3.05) is 62.3 Å². The Morgan fingerprint density at radius 3 is 2.17 bits per heavy atom. The SMILES string of the molecule is C#C.C/C=C(\C)c1cc(N2CCCN(C3=C(Cl)C=CCC=N3)CC2)nc(N2CCOCC2)n1.C/C=C\C.CCCC. The van der Waals surface area contributed by atoms with Gasteiger partial charge in [0.05, 0.1) is 23.9 Å². The van der Waals surface area contributed by atoms with Crippen molar-refractivity contribution in [2.24, 2.45) is 4.99 Å². The summed E-state index contributed by atoms with van der Waals surface area (Å²) in [5.41, 5.74) is 2.14. The highest BCUT2D eigenvalue weighted by Gasteiger charge is 2.22. The van der Waals surface area contributed by atoms with E-state index in [0.29, 0.717) is 5.03 Å². The minimum atomic E-state index is 0.713. The highest BCUT2D eigenvalue weighted by atomic mass is 35.5. The van der Waals surface area contributed by atoms with Crippen LogP contribution in [-0.2, 0) is 4.74 Å². The molecule has 4 rings (SSSR count). The number of anilines is 2. The van der Waals surface area contributed by atoms with Gasteiger partial charge in [-0.05, 0) is 45.8 Å². The van der Waals surface area contributed by atoms with Crippen LogP contribution >= 0.6 is 11.6 Å². The van der Waals surface area contributed by atoms with Gasteiger partial charge in [-0.2, -0.15) is 4.98 Å². The lowest BCUT2D eigenvalue weighted by atomic mass is 10.2. The molecule has 7 nitrogen and oxygen atoms in total. The second-order valence-electron chi connectivity index (χ2n) is 9.60. The number of morpholine rings is 1. The molecule has 1 aromatic heterocycles. The zero-order valence-corrected chi connectivity index (χ0v) is 26.9. The van der Waals surface area contributed by atoms with Gasteiger partial charge in [-0.1, -0.05) is 62.6 Å². The van der Waals surface area contributed by atoms with Crippen molar-refractivity contribution in [2.45, 2.75) is 67.2 Å². The fourth-order valence-corrected chi connectivity index (χ4v) is 4.19. The molecule has 3 aliphatic heterocycles. The molecule has 0 N–H and O–H groups in total. The Hall–Kier alpha value is -3.08. The zero-order chi connectivity index (χ0) is 30.5. The number of hydrogen-bond acceptors (Lipinski definition) is 7. The van der Waals surface area contributed by atoms with E-state index in [4.69, 9.17) is 26.3 Å². The Balaban J connectivity index is 0.000000735. The molecule has 0 amide bonds. The van der Waals surface area contributed by atoms with Crippen LogP contribution in [-0.4, -0.2) is 73.6 Å². The van der Waals surface area contributed by atoms with Crippen molar-refractivity contribution in [1.82, 2.24) is 14.9 Å². The van der Waals surface area contributed by atoms with Gasteiger partial charge in [0.1, 0.15) is 11.6 Å². The third-order valence-corrected chi connectivity index (χ3v) is 7.01. The molecule has 0 aromatic carbocycles. The molecule has 0 radical (unpaired) electrons. The fraction of sp³-hybridized carbons (Fsp3) is 0.545. The molecule has 0 atom stereocenters. The number of terminal acetylenes is 1. The number of nitrogens with zero attached hydrogens (tertiary/aromatic N) is 6. The number of rotatable bonds is 5. The molecule has 226 valence electrons. The molecule has 1 aromatic rings. The molecule has 0 unspecified atom stereocenters. The van der Waals surface area contributed by atoms with E-state index < -0.39 is 0 Å². The number of ether oxygens (including phenoxy) is 1. The van der Waals surface area contributed by atoms with E-state index in [2.05, 4.69) is 72.4 Å². The molecule has 0 saturated carbocycles. The van der Waals surface area contributed by atoms with Gasteiger partial charge in [0.2, 0.25) is 5.95 Å². The van der Waals surface area contributed by atoms with E-state index in [0.717, 1.165) is 94.2 Å². The van der Waals surface area contributed by atoms with Gasteiger partial charge in [-0.3, -0.25) is 0 Å². The zero-order valence-electron chi connectivity index (χ0n) is 26.2. The maximum atomic E-state index is 6.49. The van der Waals surface area contributed by atoms with Gasteiger partial charge in [0.25, 0.3) is 0 Å². The quantitative estimate of drug-likeness (QED) is 0.268. The molecule has 0 bridgehead atoms. The summed E-state index contributed by atoms with van der Waals surface area (Å²) in [5.74, 6) is 2.65. The number of aliphatic imine (C=N–C) groups is 1. The summed E-state index contributed by atoms with van der Waals surface area (Å²) in [5, 5.41) is 0.713. The Morgan fingerprint density at radius 2 is 1.56 bits per heavy atom. The van der Waals surface area contributed by atoms with Gasteiger partial charge in [0.15, 0.2) is 0 Å². The third kappa shape index (κ3) is 12.5. The van der Waals surface area contributed by atoms with Crippen molar-refractivity contribution in [3.05, 3.63) is 53.0 Å². The van der Waals surface area contributed by atoms with E-state index in [-0.39, 0.29) is 0 Å². The van der Waals surface area contributed by atoms with Crippen LogP contribution in [0.15, 0.2) is 52.3 Å². The van der Waals surface area contributed by atoms with E-state index in [1.807, 2.05) is 44.4 Å². The van der Waals surface area contributed by atoms with Crippen molar-refractivity contribution in [1.29, 1.82) is 0 Å². The van der Waals surface area contributed by atoms with Crippen LogP contribution in [0, 0.1) is 12.8 Å². The van der Waals surface area contributed by atoms with Crippen LogP contribution in [0.5, 0.6) is 0 Å². The predicted octanol–water partition coefficient (Wildman–Crippen LogP) is 7.33. The fourth-order valence-electron chi connectivity index (χ4n) is 3.94. The van der Waals surface area contributed by atoms with Gasteiger partial charge in [-0.25, -0.2) is 9.98 Å². The van der Waals surface area contributed by atoms with Crippen LogP contribution in [0.1, 0.15) is 72.9 Å². The number of unbranched alkanes of at least 4 members (excludes halogenated alkanes) is 1. The first-order chi connectivity index (χ1) is 20.0. The highest BCUT2D eigenvalue weighted by Crippen LogP contribution is 2.26. The molecule has 41 heavy (non-hydrogen) atoms. The molecule has 8 heteroatoms. The number of halogens is 1. The third-order valence-electron chi connectivity index (χ3n) is 6.72. The minimum Gasteiger partial charge on any atom is -0.378 e. The van der Waals surface area contributed by atoms with Crippen molar-refractivity contribution in [3.63, 3.8) is 0 Å². The van der Waals surface area contributed by atoms with Gasteiger partial charge in [-0.15, -0.1) is 12.8 Å². The van der Waals surface area contributed by atoms with Crippen LogP contribution in [0.3, 0.4) is 0 Å².